The SMILES string of the molecule is C=CC(=O)O[C@@H]1[C@@H](OC(=O)CCN([O-])O)[C@H](O)[C@@H](COC(=O)CCN([O-])O)O[C@@H]1O. The molecule has 1 heterocycles. The van der Waals surface area contributed by atoms with Crippen LogP contribution >= 0.6 is 0 Å². The summed E-state index contributed by atoms with van der Waals surface area (Å²) in [5.74, 6) is -3.06. The maximum Gasteiger partial charge on any atom is 0.330 e. The molecule has 1 rings (SSSR count). The third-order valence-corrected chi connectivity index (χ3v) is 3.75. The van der Waals surface area contributed by atoms with Crippen molar-refractivity contribution in [3.63, 3.8) is 0 Å². The van der Waals surface area contributed by atoms with E-state index in [0.29, 0.717) is 0 Å². The summed E-state index contributed by atoms with van der Waals surface area (Å²) in [5, 5.41) is 57.3. The smallest absolute Gasteiger partial charge is 0.330 e. The highest BCUT2D eigenvalue weighted by atomic mass is 16.8. The minimum absolute atomic E-state index is 0.486. The molecule has 1 saturated heterocycles. The normalized spacial score (nSPS) is 26.3. The maximum atomic E-state index is 11.9. The van der Waals surface area contributed by atoms with Gasteiger partial charge in [0.25, 0.3) is 0 Å². The van der Waals surface area contributed by atoms with Gasteiger partial charge in [-0.3, -0.25) is 20.0 Å². The lowest BCUT2D eigenvalue weighted by Gasteiger charge is -2.41. The van der Waals surface area contributed by atoms with Gasteiger partial charge in [-0.2, -0.15) is 0 Å². The Kier molecular flexibility index (Phi) is 10.7. The molecule has 5 atom stereocenters. The third kappa shape index (κ3) is 8.66. The molecule has 0 spiro atoms. The van der Waals surface area contributed by atoms with E-state index in [0.717, 1.165) is 6.08 Å². The first kappa shape index (κ1) is 25.8. The van der Waals surface area contributed by atoms with Crippen molar-refractivity contribution in [1.29, 1.82) is 0 Å². The van der Waals surface area contributed by atoms with Crippen molar-refractivity contribution < 1.29 is 54.0 Å². The van der Waals surface area contributed by atoms with Gasteiger partial charge in [0.1, 0.15) is 18.8 Å². The van der Waals surface area contributed by atoms with Gasteiger partial charge in [0.05, 0.1) is 12.8 Å². The Morgan fingerprint density at radius 2 is 1.57 bits per heavy atom. The lowest BCUT2D eigenvalue weighted by atomic mass is 9.98. The van der Waals surface area contributed by atoms with E-state index in [1.54, 1.807) is 0 Å². The van der Waals surface area contributed by atoms with Crippen molar-refractivity contribution in [3.05, 3.63) is 23.1 Å². The zero-order valence-electron chi connectivity index (χ0n) is 15.6. The van der Waals surface area contributed by atoms with Gasteiger partial charge < -0.3 is 50.0 Å². The number of carbonyl (C=O) groups is 3. The van der Waals surface area contributed by atoms with Gasteiger partial charge in [0, 0.05) is 19.2 Å². The summed E-state index contributed by atoms with van der Waals surface area (Å²) in [5.41, 5.74) is 0. The van der Waals surface area contributed by atoms with Crippen LogP contribution in [0.15, 0.2) is 12.7 Å². The maximum absolute atomic E-state index is 11.9. The molecule has 15 heteroatoms. The van der Waals surface area contributed by atoms with Crippen LogP contribution in [0.25, 0.3) is 0 Å². The first-order valence-corrected chi connectivity index (χ1v) is 8.52. The summed E-state index contributed by atoms with van der Waals surface area (Å²) in [7, 11) is 0. The van der Waals surface area contributed by atoms with Gasteiger partial charge in [-0.05, 0) is 0 Å². The molecular formula is C15H22N2O13-2. The number of aliphatic hydroxyl groups excluding tert-OH is 2. The summed E-state index contributed by atoms with van der Waals surface area (Å²) < 4.78 is 19.6. The summed E-state index contributed by atoms with van der Waals surface area (Å²) in [6.45, 7) is 1.29. The zero-order valence-corrected chi connectivity index (χ0v) is 15.6. The minimum Gasteiger partial charge on any atom is -0.762 e. The van der Waals surface area contributed by atoms with Crippen molar-refractivity contribution in [2.75, 3.05) is 19.7 Å². The molecule has 1 aliphatic heterocycles. The number of esters is 3. The highest BCUT2D eigenvalue weighted by molar-refractivity contribution is 5.81. The van der Waals surface area contributed by atoms with Crippen molar-refractivity contribution in [2.45, 2.75) is 43.5 Å². The molecule has 0 amide bonds. The molecular weight excluding hydrogens is 416 g/mol. The van der Waals surface area contributed by atoms with Crippen molar-refractivity contribution in [2.24, 2.45) is 0 Å². The predicted octanol–water partition coefficient (Wildman–Crippen LogP) is -2.22. The Balaban J connectivity index is 2.83. The Hall–Kier alpha value is -2.21. The monoisotopic (exact) mass is 438 g/mol. The summed E-state index contributed by atoms with van der Waals surface area (Å²) in [6.07, 6.45) is -8.85. The van der Waals surface area contributed by atoms with Gasteiger partial charge in [-0.15, -0.1) is 0 Å². The largest absolute Gasteiger partial charge is 0.762 e. The molecule has 1 aliphatic rings. The Labute approximate surface area is 169 Å². The van der Waals surface area contributed by atoms with Crippen LogP contribution in [-0.4, -0.2) is 99.4 Å². The highest BCUT2D eigenvalue weighted by Gasteiger charge is 2.49. The first-order valence-electron chi connectivity index (χ1n) is 8.52. The van der Waals surface area contributed by atoms with E-state index >= 15 is 0 Å². The third-order valence-electron chi connectivity index (χ3n) is 3.75. The fourth-order valence-corrected chi connectivity index (χ4v) is 2.32. The van der Waals surface area contributed by atoms with Gasteiger partial charge in [0.2, 0.25) is 0 Å². The quantitative estimate of drug-likeness (QED) is 0.116. The van der Waals surface area contributed by atoms with Gasteiger partial charge in [0.15, 0.2) is 18.5 Å². The highest BCUT2D eigenvalue weighted by Crippen LogP contribution is 2.26. The summed E-state index contributed by atoms with van der Waals surface area (Å²) >= 11 is 0. The Bertz CT molecular complexity index is 599. The predicted molar refractivity (Wildman–Crippen MR) is 90.8 cm³/mol. The van der Waals surface area contributed by atoms with Crippen molar-refractivity contribution in [1.82, 2.24) is 10.5 Å². The van der Waals surface area contributed by atoms with E-state index in [1.807, 2.05) is 0 Å². The molecule has 15 nitrogen and oxygen atoms in total. The minimum atomic E-state index is -1.91. The number of rotatable bonds is 11. The second-order valence-corrected chi connectivity index (χ2v) is 5.95. The lowest BCUT2D eigenvalue weighted by Crippen LogP contribution is -2.61. The van der Waals surface area contributed by atoms with Crippen LogP contribution in [0, 0.1) is 10.4 Å². The fourth-order valence-electron chi connectivity index (χ4n) is 2.32. The van der Waals surface area contributed by atoms with E-state index in [4.69, 9.17) is 29.4 Å². The summed E-state index contributed by atoms with van der Waals surface area (Å²) in [6, 6.07) is 0. The number of nitrogens with zero attached hydrogens (tertiary/aromatic N) is 2. The Morgan fingerprint density at radius 3 is 2.10 bits per heavy atom. The van der Waals surface area contributed by atoms with Gasteiger partial charge >= 0.3 is 17.9 Å². The molecule has 4 N–H and O–H groups in total. The molecule has 0 saturated carbocycles. The molecule has 0 radical (unpaired) electrons. The molecule has 172 valence electrons. The van der Waals surface area contributed by atoms with Crippen LogP contribution < -0.4 is 0 Å². The molecule has 1 fully saturated rings. The van der Waals surface area contributed by atoms with Crippen molar-refractivity contribution >= 4 is 17.9 Å². The van der Waals surface area contributed by atoms with Crippen LogP contribution in [-0.2, 0) is 33.3 Å². The average molecular weight is 438 g/mol. The molecule has 0 unspecified atom stereocenters. The number of carbonyl (C=O) groups excluding carboxylic acids is 3. The summed E-state index contributed by atoms with van der Waals surface area (Å²) in [4.78, 5) is 34.8. The van der Waals surface area contributed by atoms with E-state index < -0.39 is 91.6 Å². The van der Waals surface area contributed by atoms with Gasteiger partial charge in [-0.25, -0.2) is 4.79 Å². The molecule has 0 aliphatic carbocycles. The zero-order chi connectivity index (χ0) is 22.8. The number of hydrogen-bond donors (Lipinski definition) is 4. The van der Waals surface area contributed by atoms with E-state index in [2.05, 4.69) is 6.58 Å². The van der Waals surface area contributed by atoms with Gasteiger partial charge in [-0.1, -0.05) is 6.58 Å². The second kappa shape index (κ2) is 12.5. The standard InChI is InChI=1S/C15H22N2O13/c1-2-9(18)29-14-13(30-11(20)4-6-17(25)26)12(21)8(28-15(14)22)7-27-10(19)3-5-16(23)24/h2,8,12-15,21-23,25H,1,3-7H2/q-2/t8-,12-,13+,14-,15+/m1/s1. The fraction of sp³-hybridized carbons (Fsp3) is 0.667. The molecule has 0 aromatic rings. The molecule has 0 aromatic heterocycles. The molecule has 30 heavy (non-hydrogen) atoms. The number of hydroxylamine groups is 4. The average Bonchev–Trinajstić information content (AvgIpc) is 2.68. The number of ether oxygens (including phenoxy) is 4. The number of aliphatic hydroxyl groups is 2. The van der Waals surface area contributed by atoms with Crippen LogP contribution in [0.5, 0.6) is 0 Å². The molecule has 0 bridgehead atoms. The second-order valence-electron chi connectivity index (χ2n) is 5.95. The van der Waals surface area contributed by atoms with E-state index in [9.17, 15) is 35.0 Å². The molecule has 0 aromatic carbocycles. The van der Waals surface area contributed by atoms with E-state index in [-0.39, 0.29) is 0 Å². The lowest BCUT2D eigenvalue weighted by molar-refractivity contribution is -0.293. The van der Waals surface area contributed by atoms with E-state index in [1.165, 1.54) is 0 Å². The van der Waals surface area contributed by atoms with Crippen LogP contribution in [0.4, 0.5) is 0 Å². The van der Waals surface area contributed by atoms with Crippen molar-refractivity contribution in [3.8, 4) is 0 Å². The Morgan fingerprint density at radius 1 is 1.00 bits per heavy atom. The number of hydrogen-bond acceptors (Lipinski definition) is 15. The van der Waals surface area contributed by atoms with Crippen LogP contribution in [0.3, 0.4) is 0 Å². The van der Waals surface area contributed by atoms with Crippen LogP contribution in [0.1, 0.15) is 12.8 Å². The topological polar surface area (TPSA) is 222 Å². The first-order chi connectivity index (χ1) is 14.0. The van der Waals surface area contributed by atoms with Crippen LogP contribution in [0.2, 0.25) is 0 Å².